The number of nitrogen functional groups attached to an aromatic ring is 1. The van der Waals surface area contributed by atoms with Gasteiger partial charge in [0.2, 0.25) is 0 Å². The number of carbonyl (C=O) groups excluding carboxylic acids is 2. The van der Waals surface area contributed by atoms with Crippen LogP contribution in [-0.2, 0) is 6.54 Å². The van der Waals surface area contributed by atoms with Crippen molar-refractivity contribution in [3.05, 3.63) is 88.5 Å². The number of hydrogen-bond acceptors (Lipinski definition) is 4. The Morgan fingerprint density at radius 3 is 1.96 bits per heavy atom. The summed E-state index contributed by atoms with van der Waals surface area (Å²) in [5, 5.41) is 0. The fraction of sp³-hybridized carbons (Fsp3) is 0.0476. The van der Waals surface area contributed by atoms with Crippen LogP contribution in [0.25, 0.3) is 11.1 Å². The molecule has 25 heavy (non-hydrogen) atoms. The first-order valence-corrected chi connectivity index (χ1v) is 8.02. The van der Waals surface area contributed by atoms with Gasteiger partial charge in [0, 0.05) is 28.8 Å². The molecule has 0 aliphatic heterocycles. The number of carbonyl (C=O) groups is 2. The Labute approximate surface area is 145 Å². The number of fused-ring (bicyclic) bond motifs is 2. The number of hydrogen-bond donors (Lipinski definition) is 2. The molecule has 4 rings (SSSR count). The maximum absolute atomic E-state index is 13.0. The average Bonchev–Trinajstić information content (AvgIpc) is 2.66. The highest BCUT2D eigenvalue weighted by Crippen LogP contribution is 2.39. The minimum atomic E-state index is -0.219. The van der Waals surface area contributed by atoms with Gasteiger partial charge in [0.05, 0.1) is 11.3 Å². The largest absolute Gasteiger partial charge is 0.398 e. The molecule has 0 heterocycles. The lowest BCUT2D eigenvalue weighted by Crippen LogP contribution is -2.23. The lowest BCUT2D eigenvalue weighted by molar-refractivity contribution is 0.0979. The molecule has 122 valence electrons. The summed E-state index contributed by atoms with van der Waals surface area (Å²) in [7, 11) is 0. The maximum Gasteiger partial charge on any atom is 0.196 e. The first-order valence-electron chi connectivity index (χ1n) is 8.02. The summed E-state index contributed by atoms with van der Waals surface area (Å²) < 4.78 is 0. The molecule has 0 fully saturated rings. The van der Waals surface area contributed by atoms with Gasteiger partial charge < -0.3 is 11.5 Å². The summed E-state index contributed by atoms with van der Waals surface area (Å²) in [4.78, 5) is 25.9. The standard InChI is InChI=1S/C21H16N2O2/c22-11-13-10-16-18(19(23)17(13)12-6-2-1-3-7-12)21(25)15-9-5-4-8-14(15)20(16)24/h1-10H,11,22-23H2. The van der Waals surface area contributed by atoms with Crippen LogP contribution in [0.2, 0.25) is 0 Å². The smallest absolute Gasteiger partial charge is 0.196 e. The minimum absolute atomic E-state index is 0.189. The van der Waals surface area contributed by atoms with Crippen molar-refractivity contribution in [2.24, 2.45) is 5.73 Å². The Balaban J connectivity index is 2.05. The van der Waals surface area contributed by atoms with Gasteiger partial charge in [-0.3, -0.25) is 9.59 Å². The summed E-state index contributed by atoms with van der Waals surface area (Å²) in [6.45, 7) is 0.227. The molecule has 3 aromatic rings. The van der Waals surface area contributed by atoms with E-state index in [1.807, 2.05) is 30.3 Å². The molecule has 0 unspecified atom stereocenters. The van der Waals surface area contributed by atoms with Crippen LogP contribution in [0.15, 0.2) is 60.7 Å². The minimum Gasteiger partial charge on any atom is -0.398 e. The van der Waals surface area contributed by atoms with E-state index >= 15 is 0 Å². The van der Waals surface area contributed by atoms with Crippen LogP contribution < -0.4 is 11.5 Å². The van der Waals surface area contributed by atoms with E-state index in [4.69, 9.17) is 11.5 Å². The molecule has 1 aliphatic carbocycles. The van der Waals surface area contributed by atoms with Crippen molar-refractivity contribution < 1.29 is 9.59 Å². The van der Waals surface area contributed by atoms with Gasteiger partial charge in [-0.2, -0.15) is 0 Å². The maximum atomic E-state index is 13.0. The van der Waals surface area contributed by atoms with Crippen molar-refractivity contribution in [3.8, 4) is 11.1 Å². The molecule has 0 saturated heterocycles. The first-order chi connectivity index (χ1) is 12.1. The first kappa shape index (κ1) is 15.3. The highest BCUT2D eigenvalue weighted by Gasteiger charge is 2.33. The summed E-state index contributed by atoms with van der Waals surface area (Å²) in [5.74, 6) is -0.408. The molecule has 0 radical (unpaired) electrons. The number of nitrogens with two attached hydrogens (primary N) is 2. The third-order valence-corrected chi connectivity index (χ3v) is 4.62. The van der Waals surface area contributed by atoms with Gasteiger partial charge in [-0.1, -0.05) is 54.6 Å². The Bertz CT molecular complexity index is 1020. The van der Waals surface area contributed by atoms with Gasteiger partial charge in [-0.25, -0.2) is 0 Å². The van der Waals surface area contributed by atoms with Crippen molar-refractivity contribution >= 4 is 17.3 Å². The van der Waals surface area contributed by atoms with Crippen LogP contribution in [0.4, 0.5) is 5.69 Å². The van der Waals surface area contributed by atoms with E-state index in [0.717, 1.165) is 16.7 Å². The summed E-state index contributed by atoms with van der Waals surface area (Å²) in [6, 6.07) is 18.1. The predicted molar refractivity (Wildman–Crippen MR) is 97.5 cm³/mol. The van der Waals surface area contributed by atoms with Crippen LogP contribution in [-0.4, -0.2) is 11.6 Å². The number of anilines is 1. The van der Waals surface area contributed by atoms with E-state index < -0.39 is 0 Å². The van der Waals surface area contributed by atoms with Crippen LogP contribution in [0, 0.1) is 0 Å². The van der Waals surface area contributed by atoms with Crippen LogP contribution in [0.1, 0.15) is 37.4 Å². The fourth-order valence-electron chi connectivity index (χ4n) is 3.45. The van der Waals surface area contributed by atoms with Crippen LogP contribution in [0.5, 0.6) is 0 Å². The molecule has 0 aromatic heterocycles. The van der Waals surface area contributed by atoms with Gasteiger partial charge in [-0.15, -0.1) is 0 Å². The quantitative estimate of drug-likeness (QED) is 0.553. The van der Waals surface area contributed by atoms with Crippen LogP contribution in [0.3, 0.4) is 0 Å². The molecular formula is C21H16N2O2. The Hall–Kier alpha value is -3.24. The SMILES string of the molecule is NCc1cc2c(c(N)c1-c1ccccc1)C(=O)c1ccccc1C2=O. The predicted octanol–water partition coefficient (Wildman–Crippen LogP) is 3.17. The highest BCUT2D eigenvalue weighted by molar-refractivity contribution is 6.30. The molecular weight excluding hydrogens is 312 g/mol. The molecule has 4 N–H and O–H groups in total. The Morgan fingerprint density at radius 1 is 0.720 bits per heavy atom. The summed E-state index contributed by atoms with van der Waals surface area (Å²) in [6.07, 6.45) is 0. The van der Waals surface area contributed by atoms with E-state index in [1.54, 1.807) is 30.3 Å². The van der Waals surface area contributed by atoms with E-state index in [9.17, 15) is 9.59 Å². The van der Waals surface area contributed by atoms with E-state index in [1.165, 1.54) is 0 Å². The van der Waals surface area contributed by atoms with Crippen molar-refractivity contribution in [2.45, 2.75) is 6.54 Å². The van der Waals surface area contributed by atoms with Gasteiger partial charge in [0.1, 0.15) is 0 Å². The molecule has 0 bridgehead atoms. The van der Waals surface area contributed by atoms with Gasteiger partial charge >= 0.3 is 0 Å². The normalized spacial score (nSPS) is 12.7. The summed E-state index contributed by atoms with van der Waals surface area (Å²) >= 11 is 0. The number of ketones is 2. The zero-order chi connectivity index (χ0) is 17.6. The molecule has 0 saturated carbocycles. The lowest BCUT2D eigenvalue weighted by atomic mass is 9.80. The third-order valence-electron chi connectivity index (χ3n) is 4.62. The second-order valence-electron chi connectivity index (χ2n) is 6.02. The molecule has 4 heteroatoms. The van der Waals surface area contributed by atoms with E-state index in [-0.39, 0.29) is 23.7 Å². The van der Waals surface area contributed by atoms with E-state index in [0.29, 0.717) is 22.4 Å². The van der Waals surface area contributed by atoms with Crippen molar-refractivity contribution in [1.29, 1.82) is 0 Å². The Morgan fingerprint density at radius 2 is 1.32 bits per heavy atom. The zero-order valence-electron chi connectivity index (χ0n) is 13.5. The average molecular weight is 328 g/mol. The number of benzene rings is 3. The third kappa shape index (κ3) is 2.19. The Kier molecular flexibility index (Phi) is 3.48. The molecule has 0 spiro atoms. The fourth-order valence-corrected chi connectivity index (χ4v) is 3.45. The van der Waals surface area contributed by atoms with Gasteiger partial charge in [0.15, 0.2) is 11.6 Å². The topological polar surface area (TPSA) is 86.2 Å². The molecule has 0 amide bonds. The second kappa shape index (κ2) is 5.69. The highest BCUT2D eigenvalue weighted by atomic mass is 16.1. The molecule has 0 atom stereocenters. The molecule has 3 aromatic carbocycles. The van der Waals surface area contributed by atoms with Gasteiger partial charge in [-0.05, 0) is 17.2 Å². The van der Waals surface area contributed by atoms with Crippen molar-refractivity contribution in [3.63, 3.8) is 0 Å². The second-order valence-corrected chi connectivity index (χ2v) is 6.02. The molecule has 1 aliphatic rings. The van der Waals surface area contributed by atoms with Gasteiger partial charge in [0.25, 0.3) is 0 Å². The van der Waals surface area contributed by atoms with Crippen molar-refractivity contribution in [1.82, 2.24) is 0 Å². The summed E-state index contributed by atoms with van der Waals surface area (Å²) in [5.41, 5.74) is 16.4. The van der Waals surface area contributed by atoms with Crippen LogP contribution >= 0.6 is 0 Å². The zero-order valence-corrected chi connectivity index (χ0v) is 13.5. The molecule has 4 nitrogen and oxygen atoms in total. The lowest BCUT2D eigenvalue weighted by Gasteiger charge is -2.23. The monoisotopic (exact) mass is 328 g/mol. The van der Waals surface area contributed by atoms with E-state index in [2.05, 4.69) is 0 Å². The van der Waals surface area contributed by atoms with Crippen molar-refractivity contribution in [2.75, 3.05) is 5.73 Å². The number of rotatable bonds is 2.